The molecule has 1 aliphatic rings. The Bertz CT molecular complexity index is 735. The van der Waals surface area contributed by atoms with Crippen LogP contribution in [0.1, 0.15) is 24.0 Å². The third-order valence-electron chi connectivity index (χ3n) is 3.58. The summed E-state index contributed by atoms with van der Waals surface area (Å²) in [7, 11) is -1.81. The van der Waals surface area contributed by atoms with Gasteiger partial charge in [0.05, 0.1) is 4.90 Å². The molecule has 1 aromatic heterocycles. The molecule has 20 heavy (non-hydrogen) atoms. The lowest BCUT2D eigenvalue weighted by Crippen LogP contribution is -2.15. The molecule has 0 saturated carbocycles. The zero-order valence-electron chi connectivity index (χ0n) is 11.3. The highest BCUT2D eigenvalue weighted by Gasteiger charge is 2.18. The van der Waals surface area contributed by atoms with Gasteiger partial charge in [-0.2, -0.15) is 5.10 Å². The number of fused-ring (bicyclic) bond motifs is 1. The minimum absolute atomic E-state index is 0.309. The van der Waals surface area contributed by atoms with Crippen molar-refractivity contribution < 1.29 is 8.42 Å². The smallest absolute Gasteiger partial charge is 0.263 e. The molecule has 5 nitrogen and oxygen atoms in total. The Kier molecular flexibility index (Phi) is 3.25. The van der Waals surface area contributed by atoms with Gasteiger partial charge in [-0.05, 0) is 48.9 Å². The molecule has 106 valence electrons. The lowest BCUT2D eigenvalue weighted by Gasteiger charge is -2.16. The summed E-state index contributed by atoms with van der Waals surface area (Å²) < 4.78 is 28.7. The Hall–Kier alpha value is -1.82. The summed E-state index contributed by atoms with van der Waals surface area (Å²) in [6.07, 6.45) is 6.02. The van der Waals surface area contributed by atoms with E-state index in [1.807, 2.05) is 6.07 Å². The van der Waals surface area contributed by atoms with Gasteiger partial charge >= 0.3 is 0 Å². The molecule has 0 fully saturated rings. The maximum absolute atomic E-state index is 12.3. The lowest BCUT2D eigenvalue weighted by atomic mass is 9.92. The largest absolute Gasteiger partial charge is 0.274 e. The van der Waals surface area contributed by atoms with Gasteiger partial charge in [-0.25, -0.2) is 8.42 Å². The molecule has 1 aliphatic carbocycles. The molecule has 3 rings (SSSR count). The first-order chi connectivity index (χ1) is 9.54. The predicted molar refractivity (Wildman–Crippen MR) is 77.1 cm³/mol. The standard InChI is InChI=1S/C14H17N3O2S/c1-17-9-8-14(15-17)16-20(18,19)13-7-6-11-4-2-3-5-12(11)10-13/h6-10H,2-5H2,1H3,(H,15,16). The maximum atomic E-state index is 12.3. The van der Waals surface area contributed by atoms with Gasteiger partial charge in [0.1, 0.15) is 0 Å². The van der Waals surface area contributed by atoms with Crippen LogP contribution in [-0.4, -0.2) is 18.2 Å². The number of anilines is 1. The number of rotatable bonds is 3. The van der Waals surface area contributed by atoms with Crippen LogP contribution in [0.3, 0.4) is 0 Å². The maximum Gasteiger partial charge on any atom is 0.263 e. The van der Waals surface area contributed by atoms with E-state index in [4.69, 9.17) is 0 Å². The summed E-state index contributed by atoms with van der Waals surface area (Å²) in [4.78, 5) is 0.309. The quantitative estimate of drug-likeness (QED) is 0.942. The second-order valence-corrected chi connectivity index (χ2v) is 6.80. The first kappa shape index (κ1) is 13.2. The molecule has 6 heteroatoms. The second kappa shape index (κ2) is 4.94. The molecule has 1 heterocycles. The number of nitrogens with one attached hydrogen (secondary N) is 1. The molecule has 0 bridgehead atoms. The average molecular weight is 291 g/mol. The fourth-order valence-electron chi connectivity index (χ4n) is 2.54. The van der Waals surface area contributed by atoms with E-state index >= 15 is 0 Å². The van der Waals surface area contributed by atoms with Gasteiger partial charge in [0, 0.05) is 19.3 Å². The third kappa shape index (κ3) is 2.56. The summed E-state index contributed by atoms with van der Waals surface area (Å²) in [6.45, 7) is 0. The fourth-order valence-corrected chi connectivity index (χ4v) is 3.59. The molecule has 0 amide bonds. The SMILES string of the molecule is Cn1ccc(NS(=O)(=O)c2ccc3c(c2)CCCC3)n1. The Morgan fingerprint density at radius 1 is 1.15 bits per heavy atom. The monoisotopic (exact) mass is 291 g/mol. The second-order valence-electron chi connectivity index (χ2n) is 5.12. The Balaban J connectivity index is 1.91. The van der Waals surface area contributed by atoms with Crippen molar-refractivity contribution in [3.05, 3.63) is 41.6 Å². The molecular weight excluding hydrogens is 274 g/mol. The number of hydrogen-bond acceptors (Lipinski definition) is 3. The molecule has 0 aliphatic heterocycles. The zero-order valence-corrected chi connectivity index (χ0v) is 12.2. The molecule has 0 spiro atoms. The van der Waals surface area contributed by atoms with Gasteiger partial charge in [0.15, 0.2) is 5.82 Å². The molecule has 0 unspecified atom stereocenters. The van der Waals surface area contributed by atoms with Gasteiger partial charge in [-0.1, -0.05) is 6.07 Å². The summed E-state index contributed by atoms with van der Waals surface area (Å²) in [6, 6.07) is 7.03. The highest BCUT2D eigenvalue weighted by atomic mass is 32.2. The predicted octanol–water partition coefficient (Wildman–Crippen LogP) is 2.10. The van der Waals surface area contributed by atoms with E-state index < -0.39 is 10.0 Å². The van der Waals surface area contributed by atoms with Crippen LogP contribution in [0.15, 0.2) is 35.4 Å². The van der Waals surface area contributed by atoms with Crippen molar-refractivity contribution in [2.24, 2.45) is 7.05 Å². The van der Waals surface area contributed by atoms with Crippen molar-refractivity contribution in [1.29, 1.82) is 0 Å². The molecule has 0 saturated heterocycles. The zero-order chi connectivity index (χ0) is 14.2. The van der Waals surface area contributed by atoms with Crippen LogP contribution in [0.4, 0.5) is 5.82 Å². The highest BCUT2D eigenvalue weighted by Crippen LogP contribution is 2.24. The van der Waals surface area contributed by atoms with Crippen LogP contribution < -0.4 is 4.72 Å². The minimum atomic E-state index is -3.56. The molecule has 2 aromatic rings. The van der Waals surface area contributed by atoms with E-state index in [1.165, 1.54) is 12.0 Å². The van der Waals surface area contributed by atoms with Crippen LogP contribution in [0.2, 0.25) is 0 Å². The average Bonchev–Trinajstić information content (AvgIpc) is 2.83. The van der Waals surface area contributed by atoms with Crippen LogP contribution in [-0.2, 0) is 29.9 Å². The van der Waals surface area contributed by atoms with Crippen LogP contribution in [0.5, 0.6) is 0 Å². The first-order valence-corrected chi connectivity index (χ1v) is 8.17. The van der Waals surface area contributed by atoms with Gasteiger partial charge in [-0.3, -0.25) is 9.40 Å². The van der Waals surface area contributed by atoms with E-state index in [0.29, 0.717) is 10.7 Å². The molecule has 1 N–H and O–H groups in total. The number of nitrogens with zero attached hydrogens (tertiary/aromatic N) is 2. The number of aromatic nitrogens is 2. The summed E-state index contributed by atoms with van der Waals surface area (Å²) in [5.41, 5.74) is 2.42. The van der Waals surface area contributed by atoms with Gasteiger partial charge in [0.25, 0.3) is 10.0 Å². The van der Waals surface area contributed by atoms with Crippen LogP contribution >= 0.6 is 0 Å². The topological polar surface area (TPSA) is 64.0 Å². The number of hydrogen-bond donors (Lipinski definition) is 1. The van der Waals surface area contributed by atoms with E-state index in [9.17, 15) is 8.42 Å². The number of aryl methyl sites for hydroxylation is 3. The number of benzene rings is 1. The Morgan fingerprint density at radius 3 is 2.60 bits per heavy atom. The summed E-state index contributed by atoms with van der Waals surface area (Å²) >= 11 is 0. The third-order valence-corrected chi connectivity index (χ3v) is 4.94. The number of sulfonamides is 1. The van der Waals surface area contributed by atoms with Gasteiger partial charge in [0.2, 0.25) is 0 Å². The minimum Gasteiger partial charge on any atom is -0.274 e. The van der Waals surface area contributed by atoms with Crippen molar-refractivity contribution in [3.63, 3.8) is 0 Å². The van der Waals surface area contributed by atoms with Crippen LogP contribution in [0.25, 0.3) is 0 Å². The van der Waals surface area contributed by atoms with E-state index in [-0.39, 0.29) is 0 Å². The van der Waals surface area contributed by atoms with Gasteiger partial charge in [-0.15, -0.1) is 0 Å². The van der Waals surface area contributed by atoms with E-state index in [2.05, 4.69) is 9.82 Å². The fraction of sp³-hybridized carbons (Fsp3) is 0.357. The van der Waals surface area contributed by atoms with Crippen LogP contribution in [0, 0.1) is 0 Å². The Morgan fingerprint density at radius 2 is 1.90 bits per heavy atom. The normalized spacial score (nSPS) is 14.8. The van der Waals surface area contributed by atoms with Crippen molar-refractivity contribution in [2.75, 3.05) is 4.72 Å². The van der Waals surface area contributed by atoms with Crippen molar-refractivity contribution in [2.45, 2.75) is 30.6 Å². The molecule has 0 radical (unpaired) electrons. The molecular formula is C14H17N3O2S. The van der Waals surface area contributed by atoms with E-state index in [1.54, 1.807) is 36.1 Å². The van der Waals surface area contributed by atoms with Gasteiger partial charge < -0.3 is 0 Å². The first-order valence-electron chi connectivity index (χ1n) is 6.69. The van der Waals surface area contributed by atoms with Crippen molar-refractivity contribution in [3.8, 4) is 0 Å². The lowest BCUT2D eigenvalue weighted by molar-refractivity contribution is 0.600. The van der Waals surface area contributed by atoms with Crippen molar-refractivity contribution >= 4 is 15.8 Å². The molecule has 1 aromatic carbocycles. The highest BCUT2D eigenvalue weighted by molar-refractivity contribution is 7.92. The van der Waals surface area contributed by atoms with Crippen molar-refractivity contribution in [1.82, 2.24) is 9.78 Å². The summed E-state index contributed by atoms with van der Waals surface area (Å²) in [5, 5.41) is 4.04. The van der Waals surface area contributed by atoms with E-state index in [0.717, 1.165) is 24.8 Å². The summed E-state index contributed by atoms with van der Waals surface area (Å²) in [5.74, 6) is 0.338. The Labute approximate surface area is 118 Å². The molecule has 0 atom stereocenters.